The molecule has 1 fully saturated rings. The number of fused-ring (bicyclic) bond motifs is 1. The van der Waals surface area contributed by atoms with Crippen molar-refractivity contribution in [3.8, 4) is 23.4 Å². The minimum atomic E-state index is 0.135. The topological polar surface area (TPSA) is 120 Å². The van der Waals surface area contributed by atoms with Crippen LogP contribution in [0.5, 0.6) is 17.4 Å². The van der Waals surface area contributed by atoms with Gasteiger partial charge in [0.2, 0.25) is 5.88 Å². The number of ether oxygens (including phenoxy) is 1. The van der Waals surface area contributed by atoms with Crippen LogP contribution in [0.15, 0.2) is 24.4 Å². The van der Waals surface area contributed by atoms with Crippen LogP contribution >= 0.6 is 0 Å². The van der Waals surface area contributed by atoms with Gasteiger partial charge in [0.05, 0.1) is 10.9 Å². The lowest BCUT2D eigenvalue weighted by Gasteiger charge is -2.21. The molecule has 0 aliphatic carbocycles. The van der Waals surface area contributed by atoms with Gasteiger partial charge in [0.1, 0.15) is 29.2 Å². The number of aromatic hydroxyl groups is 1. The summed E-state index contributed by atoms with van der Waals surface area (Å²) in [5.41, 5.74) is 8.04. The summed E-state index contributed by atoms with van der Waals surface area (Å²) < 4.78 is 6.22. The third-order valence-electron chi connectivity index (χ3n) is 5.67. The molecule has 0 saturated carbocycles. The van der Waals surface area contributed by atoms with Gasteiger partial charge in [-0.05, 0) is 45.0 Å². The number of aryl methyl sites for hydroxylation is 1. The normalized spacial score (nSPS) is 16.1. The first-order chi connectivity index (χ1) is 14.4. The number of aromatic nitrogens is 2. The molecule has 0 bridgehead atoms. The summed E-state index contributed by atoms with van der Waals surface area (Å²) in [6.45, 7) is 5.33. The Kier molecular flexibility index (Phi) is 5.06. The van der Waals surface area contributed by atoms with Gasteiger partial charge in [-0.3, -0.25) is 0 Å². The van der Waals surface area contributed by atoms with E-state index in [1.54, 1.807) is 19.1 Å². The van der Waals surface area contributed by atoms with E-state index < -0.39 is 0 Å². The van der Waals surface area contributed by atoms with Gasteiger partial charge in [0.25, 0.3) is 0 Å². The summed E-state index contributed by atoms with van der Waals surface area (Å²) in [6.07, 6.45) is 2.47. The molecule has 8 nitrogen and oxygen atoms in total. The average molecular weight is 404 g/mol. The van der Waals surface area contributed by atoms with Gasteiger partial charge in [-0.2, -0.15) is 10.2 Å². The predicted octanol–water partition coefficient (Wildman–Crippen LogP) is 3.00. The van der Waals surface area contributed by atoms with Gasteiger partial charge in [0.15, 0.2) is 0 Å². The van der Waals surface area contributed by atoms with E-state index in [9.17, 15) is 10.4 Å². The number of benzene rings is 1. The van der Waals surface area contributed by atoms with Crippen molar-refractivity contribution in [2.24, 2.45) is 0 Å². The number of nitrogens with zero attached hydrogens (tertiary/aromatic N) is 4. The van der Waals surface area contributed by atoms with E-state index in [-0.39, 0.29) is 17.4 Å². The second-order valence-electron chi connectivity index (χ2n) is 7.56. The van der Waals surface area contributed by atoms with E-state index in [4.69, 9.17) is 15.5 Å². The molecule has 0 spiro atoms. The van der Waals surface area contributed by atoms with Crippen LogP contribution in [-0.4, -0.2) is 41.3 Å². The number of rotatable bonds is 4. The summed E-state index contributed by atoms with van der Waals surface area (Å²) >= 11 is 0. The van der Waals surface area contributed by atoms with Crippen molar-refractivity contribution in [2.75, 3.05) is 30.8 Å². The largest absolute Gasteiger partial charge is 0.508 e. The van der Waals surface area contributed by atoms with E-state index >= 15 is 0 Å². The maximum absolute atomic E-state index is 10.1. The van der Waals surface area contributed by atoms with Crippen LogP contribution < -0.4 is 20.7 Å². The third-order valence-corrected chi connectivity index (χ3v) is 5.67. The first-order valence-corrected chi connectivity index (χ1v) is 9.81. The Hall–Kier alpha value is -3.57. The van der Waals surface area contributed by atoms with E-state index in [0.717, 1.165) is 25.1 Å². The summed E-state index contributed by atoms with van der Waals surface area (Å²) in [4.78, 5) is 11.1. The van der Waals surface area contributed by atoms with E-state index in [1.807, 2.05) is 20.0 Å². The molecule has 1 aliphatic rings. The first-order valence-electron chi connectivity index (χ1n) is 9.81. The van der Waals surface area contributed by atoms with Crippen LogP contribution in [0, 0.1) is 25.2 Å². The molecule has 1 saturated heterocycles. The molecule has 1 atom stereocenters. The highest BCUT2D eigenvalue weighted by atomic mass is 16.5. The molecule has 30 heavy (non-hydrogen) atoms. The maximum Gasteiger partial charge on any atom is 0.232 e. The van der Waals surface area contributed by atoms with Crippen molar-refractivity contribution in [2.45, 2.75) is 26.3 Å². The number of nitriles is 1. The molecule has 4 N–H and O–H groups in total. The zero-order valence-corrected chi connectivity index (χ0v) is 17.2. The minimum Gasteiger partial charge on any atom is -0.508 e. The molecule has 3 heterocycles. The van der Waals surface area contributed by atoms with Gasteiger partial charge in [-0.25, -0.2) is 4.98 Å². The van der Waals surface area contributed by atoms with Gasteiger partial charge in [0, 0.05) is 36.3 Å². The number of nitrogens with two attached hydrogens (primary N) is 1. The molecule has 3 aromatic rings. The van der Waals surface area contributed by atoms with E-state index in [0.29, 0.717) is 39.5 Å². The van der Waals surface area contributed by atoms with Gasteiger partial charge in [-0.15, -0.1) is 0 Å². The Morgan fingerprint density at radius 2 is 2.17 bits per heavy atom. The first kappa shape index (κ1) is 19.7. The predicted molar refractivity (Wildman–Crippen MR) is 116 cm³/mol. The molecule has 0 unspecified atom stereocenters. The monoisotopic (exact) mass is 404 g/mol. The molecular weight excluding hydrogens is 380 g/mol. The van der Waals surface area contributed by atoms with Gasteiger partial charge < -0.3 is 25.8 Å². The Labute approximate surface area is 174 Å². The molecule has 154 valence electrons. The smallest absolute Gasteiger partial charge is 0.232 e. The second-order valence-corrected chi connectivity index (χ2v) is 7.56. The summed E-state index contributed by atoms with van der Waals surface area (Å²) in [7, 11) is 1.95. The zero-order chi connectivity index (χ0) is 21.4. The number of hydrogen-bond donors (Lipinski definition) is 3. The quantitative estimate of drug-likeness (QED) is 0.607. The average Bonchev–Trinajstić information content (AvgIpc) is 3.23. The molecule has 0 radical (unpaired) electrons. The molecule has 2 aromatic heterocycles. The zero-order valence-electron chi connectivity index (χ0n) is 17.2. The van der Waals surface area contributed by atoms with E-state index in [2.05, 4.69) is 21.3 Å². The number of phenolic OH excluding ortho intramolecular Hbond substituents is 1. The fourth-order valence-corrected chi connectivity index (χ4v) is 3.84. The van der Waals surface area contributed by atoms with Crippen molar-refractivity contribution in [1.82, 2.24) is 15.3 Å². The van der Waals surface area contributed by atoms with Gasteiger partial charge in [-0.1, -0.05) is 6.07 Å². The summed E-state index contributed by atoms with van der Waals surface area (Å²) in [5, 5.41) is 24.2. The van der Waals surface area contributed by atoms with Crippen LogP contribution in [0.25, 0.3) is 10.8 Å². The number of nitrogen functional groups attached to an aromatic ring is 1. The number of pyridine rings is 2. The van der Waals surface area contributed by atoms with Gasteiger partial charge >= 0.3 is 0 Å². The molecule has 1 aliphatic heterocycles. The lowest BCUT2D eigenvalue weighted by Crippen LogP contribution is -2.29. The highest BCUT2D eigenvalue weighted by Gasteiger charge is 2.25. The molecule has 1 aromatic carbocycles. The third kappa shape index (κ3) is 3.33. The Balaban J connectivity index is 1.91. The minimum absolute atomic E-state index is 0.135. The number of phenols is 1. The number of hydrogen-bond acceptors (Lipinski definition) is 8. The van der Waals surface area contributed by atoms with Crippen LogP contribution in [0.4, 0.5) is 11.6 Å². The Bertz CT molecular complexity index is 1170. The van der Waals surface area contributed by atoms with Crippen LogP contribution in [0.3, 0.4) is 0 Å². The van der Waals surface area contributed by atoms with Crippen LogP contribution in [0.2, 0.25) is 0 Å². The lowest BCUT2D eigenvalue weighted by atomic mass is 10.1. The highest BCUT2D eigenvalue weighted by Crippen LogP contribution is 2.39. The number of likely N-dealkylation sites (N-methyl/N-ethyl adjacent to an activating group) is 1. The van der Waals surface area contributed by atoms with E-state index in [1.165, 1.54) is 6.20 Å². The van der Waals surface area contributed by atoms with Crippen LogP contribution in [0.1, 0.15) is 23.1 Å². The number of anilines is 2. The summed E-state index contributed by atoms with van der Waals surface area (Å²) in [6, 6.07) is 7.85. The van der Waals surface area contributed by atoms with Crippen LogP contribution in [-0.2, 0) is 0 Å². The SMILES string of the molecule is CN[C@@H]1CCN(c2cc3c(C#N)cnc(N)c3c(Oc3c(C)ccc(O)c3C)n2)C1. The molecule has 8 heteroatoms. The molecular formula is C22H24N6O2. The van der Waals surface area contributed by atoms with Crippen molar-refractivity contribution >= 4 is 22.4 Å². The molecule has 0 amide bonds. The highest BCUT2D eigenvalue weighted by molar-refractivity contribution is 5.99. The van der Waals surface area contributed by atoms with Crippen molar-refractivity contribution in [3.05, 3.63) is 41.1 Å². The molecule has 4 rings (SSSR count). The standard InChI is InChI=1S/C22H24N6O2/c1-12-4-5-17(29)13(2)20(12)30-22-19-16(14(9-23)10-26-21(19)24)8-18(27-22)28-7-6-15(11-28)25-3/h4-5,8,10,15,25,29H,6-7,11H2,1-3H3,(H2,24,26)/t15-/m1/s1. The fraction of sp³-hybridized carbons (Fsp3) is 0.318. The lowest BCUT2D eigenvalue weighted by molar-refractivity contribution is 0.440. The van der Waals surface area contributed by atoms with Crippen molar-refractivity contribution in [3.63, 3.8) is 0 Å². The second kappa shape index (κ2) is 7.69. The Morgan fingerprint density at radius 3 is 2.87 bits per heavy atom. The maximum atomic E-state index is 10.1. The van der Waals surface area contributed by atoms with Crippen molar-refractivity contribution in [1.29, 1.82) is 5.26 Å². The fourth-order valence-electron chi connectivity index (χ4n) is 3.84. The summed E-state index contributed by atoms with van der Waals surface area (Å²) in [5.74, 6) is 1.87. The number of nitrogens with one attached hydrogen (secondary N) is 1. The van der Waals surface area contributed by atoms with Crippen molar-refractivity contribution < 1.29 is 9.84 Å². The Morgan fingerprint density at radius 1 is 1.37 bits per heavy atom.